The minimum Gasteiger partial charge on any atom is -0.497 e. The molecule has 36 heavy (non-hydrogen) atoms. The molecule has 5 rings (SSSR count). The molecule has 8 heteroatoms. The molecule has 1 aliphatic rings. The molecule has 0 radical (unpaired) electrons. The monoisotopic (exact) mass is 503 g/mol. The van der Waals surface area contributed by atoms with Crippen LogP contribution in [0.15, 0.2) is 76.7 Å². The maximum absolute atomic E-state index is 14.1. The minimum absolute atomic E-state index is 0.0432. The number of thioether (sulfide) groups is 1. The van der Waals surface area contributed by atoms with Crippen molar-refractivity contribution in [3.63, 3.8) is 0 Å². The lowest BCUT2D eigenvalue weighted by atomic mass is 10.1. The highest BCUT2D eigenvalue weighted by Crippen LogP contribution is 2.27. The Morgan fingerprint density at radius 1 is 1.03 bits per heavy atom. The summed E-state index contributed by atoms with van der Waals surface area (Å²) in [4.78, 5) is 33.3. The molecule has 0 aliphatic carbocycles. The van der Waals surface area contributed by atoms with Crippen molar-refractivity contribution in [1.82, 2.24) is 14.5 Å². The third kappa shape index (κ3) is 4.99. The molecule has 184 valence electrons. The van der Waals surface area contributed by atoms with Crippen molar-refractivity contribution < 1.29 is 13.9 Å². The lowest BCUT2D eigenvalue weighted by Crippen LogP contribution is -2.35. The largest absolute Gasteiger partial charge is 0.497 e. The van der Waals surface area contributed by atoms with Gasteiger partial charge in [-0.3, -0.25) is 14.2 Å². The van der Waals surface area contributed by atoms with Crippen LogP contribution in [-0.2, 0) is 5.75 Å². The summed E-state index contributed by atoms with van der Waals surface area (Å²) in [6.45, 7) is 1.49. The lowest BCUT2D eigenvalue weighted by Gasteiger charge is -2.26. The molecule has 6 nitrogen and oxygen atoms in total. The quantitative estimate of drug-likeness (QED) is 0.259. The normalized spacial score (nSPS) is 13.7. The summed E-state index contributed by atoms with van der Waals surface area (Å²) >= 11 is 1.37. The number of rotatable bonds is 6. The van der Waals surface area contributed by atoms with Crippen molar-refractivity contribution in [2.45, 2.75) is 30.2 Å². The van der Waals surface area contributed by atoms with E-state index in [1.165, 1.54) is 28.5 Å². The van der Waals surface area contributed by atoms with Crippen LogP contribution in [-0.4, -0.2) is 40.6 Å². The topological polar surface area (TPSA) is 64.4 Å². The van der Waals surface area contributed by atoms with Crippen molar-refractivity contribution in [3.05, 3.63) is 94.0 Å². The zero-order valence-electron chi connectivity index (χ0n) is 19.9. The van der Waals surface area contributed by atoms with Crippen LogP contribution in [0.4, 0.5) is 4.39 Å². The number of ether oxygens (including phenoxy) is 1. The Kier molecular flexibility index (Phi) is 7.04. The maximum atomic E-state index is 14.1. The Hall–Kier alpha value is -3.65. The van der Waals surface area contributed by atoms with E-state index in [2.05, 4.69) is 0 Å². The van der Waals surface area contributed by atoms with Crippen LogP contribution >= 0.6 is 11.8 Å². The molecular formula is C28H26FN3O3S. The molecule has 0 bridgehead atoms. The van der Waals surface area contributed by atoms with Gasteiger partial charge in [-0.05, 0) is 73.4 Å². The summed E-state index contributed by atoms with van der Waals surface area (Å²) in [5, 5.41) is 0.795. The van der Waals surface area contributed by atoms with Gasteiger partial charge in [-0.1, -0.05) is 30.0 Å². The Labute approximate surface area is 212 Å². The molecule has 3 aromatic carbocycles. The summed E-state index contributed by atoms with van der Waals surface area (Å²) in [6, 6.07) is 18.6. The molecule has 0 unspecified atom stereocenters. The van der Waals surface area contributed by atoms with Gasteiger partial charge in [-0.15, -0.1) is 0 Å². The zero-order valence-corrected chi connectivity index (χ0v) is 20.8. The number of carbonyl (C=O) groups excluding carboxylic acids is 1. The highest BCUT2D eigenvalue weighted by Gasteiger charge is 2.20. The van der Waals surface area contributed by atoms with Crippen molar-refractivity contribution in [2.75, 3.05) is 20.2 Å². The Balaban J connectivity index is 1.58. The van der Waals surface area contributed by atoms with Crippen LogP contribution in [0.2, 0.25) is 0 Å². The Morgan fingerprint density at radius 2 is 1.83 bits per heavy atom. The first-order chi connectivity index (χ1) is 17.5. The summed E-state index contributed by atoms with van der Waals surface area (Å²) in [5.41, 5.74) is 2.05. The number of hydrogen-bond donors (Lipinski definition) is 0. The molecule has 4 aromatic rings. The predicted molar refractivity (Wildman–Crippen MR) is 140 cm³/mol. The first-order valence-electron chi connectivity index (χ1n) is 11.9. The molecule has 1 fully saturated rings. The third-order valence-electron chi connectivity index (χ3n) is 6.30. The van der Waals surface area contributed by atoms with E-state index in [4.69, 9.17) is 9.72 Å². The van der Waals surface area contributed by atoms with Crippen molar-refractivity contribution >= 4 is 28.6 Å². The lowest BCUT2D eigenvalue weighted by molar-refractivity contribution is 0.0724. The average Bonchev–Trinajstić information content (AvgIpc) is 2.92. The number of amides is 1. The van der Waals surface area contributed by atoms with Gasteiger partial charge in [0.15, 0.2) is 5.16 Å². The van der Waals surface area contributed by atoms with Gasteiger partial charge in [-0.25, -0.2) is 9.37 Å². The van der Waals surface area contributed by atoms with E-state index in [0.717, 1.165) is 43.7 Å². The molecule has 0 saturated carbocycles. The second-order valence-corrected chi connectivity index (χ2v) is 9.68. The molecule has 1 amide bonds. The van der Waals surface area contributed by atoms with Gasteiger partial charge in [-0.2, -0.15) is 0 Å². The molecule has 1 aliphatic heterocycles. The molecule has 0 atom stereocenters. The SMILES string of the molecule is COc1cccc(CSc2nc3cc(C(=O)N4CCCCC4)ccc3c(=O)n2-c2cccc(F)c2)c1. The van der Waals surface area contributed by atoms with Gasteiger partial charge in [0, 0.05) is 24.4 Å². The van der Waals surface area contributed by atoms with E-state index >= 15 is 0 Å². The number of piperidine rings is 1. The van der Waals surface area contributed by atoms with Crippen molar-refractivity contribution in [2.24, 2.45) is 0 Å². The molecule has 2 heterocycles. The smallest absolute Gasteiger partial charge is 0.266 e. The van der Waals surface area contributed by atoms with Crippen molar-refractivity contribution in [1.29, 1.82) is 0 Å². The van der Waals surface area contributed by atoms with Gasteiger partial charge in [0.2, 0.25) is 0 Å². The minimum atomic E-state index is -0.439. The molecule has 0 spiro atoms. The highest BCUT2D eigenvalue weighted by atomic mass is 32.2. The molecule has 0 N–H and O–H groups in total. The van der Waals surface area contributed by atoms with E-state index in [1.807, 2.05) is 29.2 Å². The number of aromatic nitrogens is 2. The Morgan fingerprint density at radius 3 is 2.61 bits per heavy atom. The summed E-state index contributed by atoms with van der Waals surface area (Å²) < 4.78 is 20.8. The third-order valence-corrected chi connectivity index (χ3v) is 7.31. The maximum Gasteiger partial charge on any atom is 0.266 e. The van der Waals surface area contributed by atoms with Gasteiger partial charge in [0.25, 0.3) is 11.5 Å². The first-order valence-corrected chi connectivity index (χ1v) is 12.9. The van der Waals surface area contributed by atoms with E-state index in [-0.39, 0.29) is 11.5 Å². The Bertz CT molecular complexity index is 1480. The number of halogens is 1. The van der Waals surface area contributed by atoms with Crippen LogP contribution in [0, 0.1) is 5.82 Å². The van der Waals surface area contributed by atoms with E-state index < -0.39 is 5.82 Å². The average molecular weight is 504 g/mol. The van der Waals surface area contributed by atoms with Crippen LogP contribution in [0.1, 0.15) is 35.2 Å². The molecule has 1 aromatic heterocycles. The highest BCUT2D eigenvalue weighted by molar-refractivity contribution is 7.98. The first kappa shape index (κ1) is 24.1. The van der Waals surface area contributed by atoms with Gasteiger partial charge >= 0.3 is 0 Å². The van der Waals surface area contributed by atoms with Crippen LogP contribution < -0.4 is 10.3 Å². The fourth-order valence-corrected chi connectivity index (χ4v) is 5.38. The number of fused-ring (bicyclic) bond motifs is 1. The number of methoxy groups -OCH3 is 1. The van der Waals surface area contributed by atoms with Crippen LogP contribution in [0.5, 0.6) is 5.75 Å². The predicted octanol–water partition coefficient (Wildman–Crippen LogP) is 5.45. The second-order valence-electron chi connectivity index (χ2n) is 8.74. The van der Waals surface area contributed by atoms with Gasteiger partial charge in [0.05, 0.1) is 23.7 Å². The number of hydrogen-bond acceptors (Lipinski definition) is 5. The second kappa shape index (κ2) is 10.5. The summed E-state index contributed by atoms with van der Waals surface area (Å²) in [6.07, 6.45) is 3.14. The standard InChI is InChI=1S/C28H26FN3O3S/c1-35-23-10-5-7-19(15-23)18-36-28-30-25-16-20(26(33)31-13-3-2-4-14-31)11-12-24(25)27(34)32(28)22-9-6-8-21(29)17-22/h5-12,15-17H,2-4,13-14,18H2,1H3. The number of nitrogens with zero attached hydrogens (tertiary/aromatic N) is 3. The van der Waals surface area contributed by atoms with Gasteiger partial charge < -0.3 is 9.64 Å². The number of benzene rings is 3. The van der Waals surface area contributed by atoms with Crippen molar-refractivity contribution in [3.8, 4) is 11.4 Å². The fraction of sp³-hybridized carbons (Fsp3) is 0.250. The summed E-state index contributed by atoms with van der Waals surface area (Å²) in [7, 11) is 1.61. The van der Waals surface area contributed by atoms with Crippen LogP contribution in [0.3, 0.4) is 0 Å². The number of likely N-dealkylation sites (tertiary alicyclic amines) is 1. The van der Waals surface area contributed by atoms with Gasteiger partial charge in [0.1, 0.15) is 11.6 Å². The number of carbonyl (C=O) groups is 1. The molecular weight excluding hydrogens is 477 g/mol. The van der Waals surface area contributed by atoms with E-state index in [0.29, 0.717) is 33.1 Å². The zero-order chi connectivity index (χ0) is 25.1. The fourth-order valence-electron chi connectivity index (χ4n) is 4.43. The summed E-state index contributed by atoms with van der Waals surface area (Å²) in [5.74, 6) is 0.781. The van der Waals surface area contributed by atoms with Crippen LogP contribution in [0.25, 0.3) is 16.6 Å². The van der Waals surface area contributed by atoms with E-state index in [9.17, 15) is 14.0 Å². The molecule has 1 saturated heterocycles. The van der Waals surface area contributed by atoms with E-state index in [1.54, 1.807) is 37.4 Å².